The summed E-state index contributed by atoms with van der Waals surface area (Å²) in [5, 5.41) is 9.66. The van der Waals surface area contributed by atoms with E-state index in [0.717, 1.165) is 11.8 Å². The average molecular weight is 401 g/mol. The van der Waals surface area contributed by atoms with Gasteiger partial charge < -0.3 is 4.98 Å². The molecule has 3 heterocycles. The van der Waals surface area contributed by atoms with E-state index < -0.39 is 0 Å². The smallest absolute Gasteiger partial charge is 0.286 e. The Morgan fingerprint density at radius 1 is 1.19 bits per heavy atom. The first-order chi connectivity index (χ1) is 13.0. The second-order valence-corrected chi connectivity index (χ2v) is 7.15. The van der Waals surface area contributed by atoms with Gasteiger partial charge in [0.05, 0.1) is 12.4 Å². The Balaban J connectivity index is 1.83. The number of nitrogens with one attached hydrogen (secondary N) is 1. The Hall–Kier alpha value is -2.91. The lowest BCUT2D eigenvalue weighted by Crippen LogP contribution is -2.26. The van der Waals surface area contributed by atoms with Crippen LogP contribution in [0.5, 0.6) is 0 Å². The molecule has 0 aliphatic carbocycles. The Morgan fingerprint density at radius 3 is 2.67 bits per heavy atom. The third-order valence-electron chi connectivity index (χ3n) is 3.88. The standard InChI is InChI=1S/C17H13ClN6O2S/c1-10-6-21-24-15(10)16(26)23(13-7-20-14(25)8-19-13)17(22-24)27-9-11-2-4-12(18)5-3-11/h2-8H,9H2,1H3,(H,20,25). The highest BCUT2D eigenvalue weighted by atomic mass is 35.5. The number of thioether (sulfide) groups is 1. The van der Waals surface area contributed by atoms with Gasteiger partial charge >= 0.3 is 0 Å². The van der Waals surface area contributed by atoms with E-state index in [2.05, 4.69) is 20.2 Å². The minimum atomic E-state index is -0.350. The summed E-state index contributed by atoms with van der Waals surface area (Å²) < 4.78 is 2.70. The van der Waals surface area contributed by atoms with E-state index in [9.17, 15) is 9.59 Å². The van der Waals surface area contributed by atoms with Gasteiger partial charge in [0.2, 0.25) is 0 Å². The summed E-state index contributed by atoms with van der Waals surface area (Å²) in [6.45, 7) is 1.79. The van der Waals surface area contributed by atoms with Gasteiger partial charge in [-0.2, -0.15) is 5.10 Å². The predicted octanol–water partition coefficient (Wildman–Crippen LogP) is 2.22. The molecule has 0 spiro atoms. The van der Waals surface area contributed by atoms with Crippen LogP contribution in [0.3, 0.4) is 0 Å². The van der Waals surface area contributed by atoms with Crippen molar-refractivity contribution in [3.63, 3.8) is 0 Å². The van der Waals surface area contributed by atoms with Gasteiger partial charge in [0.1, 0.15) is 0 Å². The van der Waals surface area contributed by atoms with Crippen LogP contribution in [-0.2, 0) is 5.75 Å². The molecule has 0 radical (unpaired) electrons. The fraction of sp³-hybridized carbons (Fsp3) is 0.118. The van der Waals surface area contributed by atoms with Gasteiger partial charge in [-0.05, 0) is 24.6 Å². The number of H-pyrrole nitrogens is 1. The first-order valence-electron chi connectivity index (χ1n) is 7.93. The maximum Gasteiger partial charge on any atom is 0.286 e. The summed E-state index contributed by atoms with van der Waals surface area (Å²) in [5.41, 5.74) is 1.44. The summed E-state index contributed by atoms with van der Waals surface area (Å²) in [6.07, 6.45) is 4.10. The minimum absolute atomic E-state index is 0.286. The van der Waals surface area contributed by atoms with E-state index in [4.69, 9.17) is 11.6 Å². The van der Waals surface area contributed by atoms with Crippen molar-refractivity contribution >= 4 is 28.9 Å². The van der Waals surface area contributed by atoms with E-state index in [-0.39, 0.29) is 16.9 Å². The number of aromatic amines is 1. The largest absolute Gasteiger partial charge is 0.324 e. The van der Waals surface area contributed by atoms with Gasteiger partial charge in [-0.15, -0.1) is 9.73 Å². The van der Waals surface area contributed by atoms with Gasteiger partial charge in [-0.3, -0.25) is 9.59 Å². The molecule has 0 aliphatic heterocycles. The monoisotopic (exact) mass is 400 g/mol. The Kier molecular flexibility index (Phi) is 4.54. The van der Waals surface area contributed by atoms with Crippen LogP contribution in [-0.4, -0.2) is 29.4 Å². The van der Waals surface area contributed by atoms with Gasteiger partial charge in [0.25, 0.3) is 11.1 Å². The van der Waals surface area contributed by atoms with Crippen molar-refractivity contribution in [2.45, 2.75) is 17.8 Å². The van der Waals surface area contributed by atoms with Crippen LogP contribution in [0.4, 0.5) is 0 Å². The van der Waals surface area contributed by atoms with E-state index >= 15 is 0 Å². The topological polar surface area (TPSA) is 97.9 Å². The molecule has 0 fully saturated rings. The van der Waals surface area contributed by atoms with Crippen LogP contribution in [0.1, 0.15) is 11.1 Å². The Labute approximate surface area is 161 Å². The predicted molar refractivity (Wildman–Crippen MR) is 103 cm³/mol. The normalized spacial score (nSPS) is 11.2. The number of nitrogens with zero attached hydrogens (tertiary/aromatic N) is 5. The first-order valence-corrected chi connectivity index (χ1v) is 9.29. The van der Waals surface area contributed by atoms with Crippen molar-refractivity contribution in [2.24, 2.45) is 0 Å². The van der Waals surface area contributed by atoms with E-state index in [0.29, 0.717) is 27.0 Å². The lowest BCUT2D eigenvalue weighted by Gasteiger charge is -2.11. The van der Waals surface area contributed by atoms with Crippen LogP contribution in [0.25, 0.3) is 11.3 Å². The molecule has 8 nitrogen and oxygen atoms in total. The van der Waals surface area contributed by atoms with E-state index in [1.165, 1.54) is 27.2 Å². The van der Waals surface area contributed by atoms with Crippen LogP contribution < -0.4 is 11.1 Å². The summed E-state index contributed by atoms with van der Waals surface area (Å²) in [5.74, 6) is 0.854. The van der Waals surface area contributed by atoms with E-state index in [1.54, 1.807) is 13.1 Å². The zero-order chi connectivity index (χ0) is 19.0. The highest BCUT2D eigenvalue weighted by molar-refractivity contribution is 7.98. The van der Waals surface area contributed by atoms with Crippen molar-refractivity contribution in [3.8, 4) is 5.82 Å². The molecule has 0 amide bonds. The van der Waals surface area contributed by atoms with Crippen LogP contribution in [0.15, 0.2) is 57.6 Å². The lowest BCUT2D eigenvalue weighted by molar-refractivity contribution is 0.651. The third-order valence-corrected chi connectivity index (χ3v) is 5.13. The molecular formula is C17H13ClN6O2S. The molecule has 4 rings (SSSR count). The molecule has 136 valence electrons. The second-order valence-electron chi connectivity index (χ2n) is 5.77. The van der Waals surface area contributed by atoms with Crippen molar-refractivity contribution in [3.05, 3.63) is 79.7 Å². The molecule has 0 unspecified atom stereocenters. The molecule has 0 saturated heterocycles. The molecule has 1 aromatic carbocycles. The maximum atomic E-state index is 13.1. The SMILES string of the molecule is Cc1cnn2nc(SCc3ccc(Cl)cc3)n(-c3c[nH]c(=O)cn3)c(=O)c12. The zero-order valence-electron chi connectivity index (χ0n) is 14.1. The number of hydrogen-bond donors (Lipinski definition) is 1. The zero-order valence-corrected chi connectivity index (χ0v) is 15.7. The van der Waals surface area contributed by atoms with E-state index in [1.807, 2.05) is 24.3 Å². The molecule has 0 atom stereocenters. The lowest BCUT2D eigenvalue weighted by atomic mass is 10.2. The molecule has 0 saturated carbocycles. The van der Waals surface area contributed by atoms with Gasteiger partial charge in [-0.25, -0.2) is 9.55 Å². The highest BCUT2D eigenvalue weighted by Crippen LogP contribution is 2.23. The number of halogens is 1. The molecule has 10 heteroatoms. The summed E-state index contributed by atoms with van der Waals surface area (Å²) in [7, 11) is 0. The van der Waals surface area contributed by atoms with Crippen LogP contribution in [0.2, 0.25) is 5.02 Å². The number of aryl methyl sites for hydroxylation is 1. The number of benzene rings is 1. The molecule has 0 bridgehead atoms. The average Bonchev–Trinajstić information content (AvgIpc) is 3.03. The van der Waals surface area contributed by atoms with Crippen molar-refractivity contribution < 1.29 is 0 Å². The van der Waals surface area contributed by atoms with Crippen molar-refractivity contribution in [1.29, 1.82) is 0 Å². The van der Waals surface area contributed by atoms with Gasteiger partial charge in [0, 0.05) is 22.5 Å². The summed E-state index contributed by atoms with van der Waals surface area (Å²) in [4.78, 5) is 31.0. The molecule has 4 aromatic rings. The summed E-state index contributed by atoms with van der Waals surface area (Å²) in [6, 6.07) is 7.43. The van der Waals surface area contributed by atoms with Crippen molar-refractivity contribution in [2.75, 3.05) is 0 Å². The van der Waals surface area contributed by atoms with Gasteiger partial charge in [0.15, 0.2) is 16.5 Å². The number of hydrogen-bond acceptors (Lipinski definition) is 6. The summed E-state index contributed by atoms with van der Waals surface area (Å²) >= 11 is 7.28. The molecule has 0 aliphatic rings. The molecule has 27 heavy (non-hydrogen) atoms. The molecular weight excluding hydrogens is 388 g/mol. The number of aromatic nitrogens is 6. The molecule has 1 N–H and O–H groups in total. The van der Waals surface area contributed by atoms with Crippen molar-refractivity contribution in [1.82, 2.24) is 29.4 Å². The Morgan fingerprint density at radius 2 is 1.96 bits per heavy atom. The third kappa shape index (κ3) is 3.38. The highest BCUT2D eigenvalue weighted by Gasteiger charge is 2.17. The first kappa shape index (κ1) is 17.5. The van der Waals surface area contributed by atoms with Crippen LogP contribution >= 0.6 is 23.4 Å². The second kappa shape index (κ2) is 7.01. The number of rotatable bonds is 4. The number of fused-ring (bicyclic) bond motifs is 1. The molecule has 3 aromatic heterocycles. The minimum Gasteiger partial charge on any atom is -0.324 e. The van der Waals surface area contributed by atoms with Gasteiger partial charge in [-0.1, -0.05) is 35.5 Å². The fourth-order valence-electron chi connectivity index (χ4n) is 2.55. The maximum absolute atomic E-state index is 13.1. The Bertz CT molecular complexity index is 1220. The fourth-order valence-corrected chi connectivity index (χ4v) is 3.60. The quantitative estimate of drug-likeness (QED) is 0.527. The van der Waals surface area contributed by atoms with Crippen LogP contribution in [0, 0.1) is 6.92 Å².